The summed E-state index contributed by atoms with van der Waals surface area (Å²) in [6.45, 7) is 5.41. The Morgan fingerprint density at radius 3 is 2.64 bits per heavy atom. The zero-order chi connectivity index (χ0) is 18.6. The Morgan fingerprint density at radius 2 is 1.96 bits per heavy atom. The summed E-state index contributed by atoms with van der Waals surface area (Å²) in [4.78, 5) is 24.0. The van der Waals surface area contributed by atoms with Gasteiger partial charge in [-0.05, 0) is 42.2 Å². The molecule has 1 amide bonds. The highest BCUT2D eigenvalue weighted by Gasteiger charge is 2.17. The van der Waals surface area contributed by atoms with Crippen molar-refractivity contribution in [1.29, 1.82) is 0 Å². The van der Waals surface area contributed by atoms with Crippen molar-refractivity contribution in [1.82, 2.24) is 0 Å². The van der Waals surface area contributed by atoms with Gasteiger partial charge in [0.15, 0.2) is 6.61 Å². The van der Waals surface area contributed by atoms with Gasteiger partial charge in [-0.3, -0.25) is 4.79 Å². The van der Waals surface area contributed by atoms with Gasteiger partial charge in [-0.2, -0.15) is 0 Å². The highest BCUT2D eigenvalue weighted by Crippen LogP contribution is 2.27. The molecule has 25 heavy (non-hydrogen) atoms. The van der Waals surface area contributed by atoms with Crippen LogP contribution >= 0.6 is 11.6 Å². The first-order valence-corrected chi connectivity index (χ1v) is 8.19. The van der Waals surface area contributed by atoms with Crippen LogP contribution in [0.4, 0.5) is 10.1 Å². The molecule has 2 aromatic carbocycles. The number of nitrogens with one attached hydrogen (secondary N) is 1. The highest BCUT2D eigenvalue weighted by molar-refractivity contribution is 6.30. The molecule has 0 saturated carbocycles. The number of esters is 1. The lowest BCUT2D eigenvalue weighted by atomic mass is 9.98. The van der Waals surface area contributed by atoms with Gasteiger partial charge in [-0.15, -0.1) is 0 Å². The van der Waals surface area contributed by atoms with Crippen molar-refractivity contribution in [3.63, 3.8) is 0 Å². The fourth-order valence-electron chi connectivity index (χ4n) is 2.38. The molecule has 0 unspecified atom stereocenters. The second kappa shape index (κ2) is 8.12. The quantitative estimate of drug-likeness (QED) is 0.783. The Kier molecular flexibility index (Phi) is 6.15. The first-order chi connectivity index (χ1) is 11.8. The molecule has 6 heteroatoms. The summed E-state index contributed by atoms with van der Waals surface area (Å²) in [6, 6.07) is 9.29. The molecule has 0 aliphatic heterocycles. The molecule has 1 N–H and O–H groups in total. The molecule has 0 radical (unpaired) electrons. The van der Waals surface area contributed by atoms with Crippen molar-refractivity contribution in [2.24, 2.45) is 0 Å². The number of carbonyl (C=O) groups excluding carboxylic acids is 2. The van der Waals surface area contributed by atoms with E-state index in [0.29, 0.717) is 5.69 Å². The molecule has 0 fully saturated rings. The van der Waals surface area contributed by atoms with Crippen molar-refractivity contribution >= 4 is 29.2 Å². The summed E-state index contributed by atoms with van der Waals surface area (Å²) in [5, 5.41) is 2.96. The van der Waals surface area contributed by atoms with Gasteiger partial charge < -0.3 is 10.1 Å². The summed E-state index contributed by atoms with van der Waals surface area (Å²) in [6.07, 6.45) is 0. The molecule has 0 atom stereocenters. The highest BCUT2D eigenvalue weighted by atomic mass is 35.5. The first-order valence-electron chi connectivity index (χ1n) is 7.81. The van der Waals surface area contributed by atoms with Gasteiger partial charge in [0.1, 0.15) is 5.82 Å². The van der Waals surface area contributed by atoms with Crippen molar-refractivity contribution in [3.8, 4) is 0 Å². The second-order valence-corrected chi connectivity index (χ2v) is 6.38. The number of hydrogen-bond acceptors (Lipinski definition) is 3. The number of rotatable bonds is 5. The van der Waals surface area contributed by atoms with Crippen LogP contribution in [-0.2, 0) is 9.53 Å². The van der Waals surface area contributed by atoms with E-state index in [1.165, 1.54) is 6.07 Å². The molecular formula is C19H19ClFNO3. The zero-order valence-corrected chi connectivity index (χ0v) is 15.0. The number of para-hydroxylation sites is 1. The number of ether oxygens (including phenoxy) is 1. The number of benzene rings is 2. The smallest absolute Gasteiger partial charge is 0.341 e. The van der Waals surface area contributed by atoms with Gasteiger partial charge >= 0.3 is 5.97 Å². The number of amides is 1. The van der Waals surface area contributed by atoms with E-state index in [4.69, 9.17) is 16.3 Å². The van der Waals surface area contributed by atoms with Gasteiger partial charge in [0.05, 0.1) is 5.56 Å². The molecule has 0 saturated heterocycles. The molecule has 132 valence electrons. The largest absolute Gasteiger partial charge is 0.452 e. The summed E-state index contributed by atoms with van der Waals surface area (Å²) in [5.41, 5.74) is 2.29. The lowest BCUT2D eigenvalue weighted by molar-refractivity contribution is -0.119. The zero-order valence-electron chi connectivity index (χ0n) is 14.2. The Morgan fingerprint density at radius 1 is 1.24 bits per heavy atom. The SMILES string of the molecule is Cc1cccc(C(C)C)c1NC(=O)COC(=O)c1cc(Cl)ccc1F. The van der Waals surface area contributed by atoms with E-state index in [-0.39, 0.29) is 16.5 Å². The van der Waals surface area contributed by atoms with Crippen LogP contribution in [0.25, 0.3) is 0 Å². The molecule has 4 nitrogen and oxygen atoms in total. The Balaban J connectivity index is 2.04. The monoisotopic (exact) mass is 363 g/mol. The maximum Gasteiger partial charge on any atom is 0.341 e. The van der Waals surface area contributed by atoms with Crippen LogP contribution in [0.15, 0.2) is 36.4 Å². The molecular weight excluding hydrogens is 345 g/mol. The van der Waals surface area contributed by atoms with E-state index in [2.05, 4.69) is 5.32 Å². The van der Waals surface area contributed by atoms with Crippen molar-refractivity contribution in [3.05, 3.63) is 63.9 Å². The lowest BCUT2D eigenvalue weighted by Crippen LogP contribution is -2.22. The van der Waals surface area contributed by atoms with E-state index in [0.717, 1.165) is 23.3 Å². The molecule has 0 aliphatic carbocycles. The standard InChI is InChI=1S/C19H19ClFNO3/c1-11(2)14-6-4-5-12(3)18(14)22-17(23)10-25-19(24)15-9-13(20)7-8-16(15)21/h4-9,11H,10H2,1-3H3,(H,22,23). The lowest BCUT2D eigenvalue weighted by Gasteiger charge is -2.16. The maximum atomic E-state index is 13.6. The van der Waals surface area contributed by atoms with Gasteiger partial charge in [0, 0.05) is 10.7 Å². The minimum Gasteiger partial charge on any atom is -0.452 e. The van der Waals surface area contributed by atoms with Crippen LogP contribution in [0.3, 0.4) is 0 Å². The third-order valence-corrected chi connectivity index (χ3v) is 3.91. The molecule has 2 aromatic rings. The second-order valence-electron chi connectivity index (χ2n) is 5.94. The normalized spacial score (nSPS) is 10.6. The molecule has 0 heterocycles. The summed E-state index contributed by atoms with van der Waals surface area (Å²) in [5.74, 6) is -1.97. The van der Waals surface area contributed by atoms with Crippen molar-refractivity contribution in [2.45, 2.75) is 26.7 Å². The number of hydrogen-bond donors (Lipinski definition) is 1. The van der Waals surface area contributed by atoms with Crippen LogP contribution in [-0.4, -0.2) is 18.5 Å². The molecule has 2 rings (SSSR count). The average molecular weight is 364 g/mol. The van der Waals surface area contributed by atoms with Gasteiger partial charge in [-0.1, -0.05) is 43.6 Å². The summed E-state index contributed by atoms with van der Waals surface area (Å²) < 4.78 is 18.5. The molecule has 0 aliphatic rings. The Bertz CT molecular complexity index is 805. The molecule has 0 spiro atoms. The van der Waals surface area contributed by atoms with E-state index in [1.807, 2.05) is 39.0 Å². The maximum absolute atomic E-state index is 13.6. The number of anilines is 1. The van der Waals surface area contributed by atoms with Crippen molar-refractivity contribution < 1.29 is 18.7 Å². The number of aryl methyl sites for hydroxylation is 1. The van der Waals surface area contributed by atoms with Crippen LogP contribution in [0.2, 0.25) is 5.02 Å². The van der Waals surface area contributed by atoms with Crippen LogP contribution in [0.5, 0.6) is 0 Å². The summed E-state index contributed by atoms with van der Waals surface area (Å²) in [7, 11) is 0. The predicted octanol–water partition coefficient (Wildman–Crippen LogP) is 4.71. The predicted molar refractivity (Wildman–Crippen MR) is 95.6 cm³/mol. The Hall–Kier alpha value is -2.40. The van der Waals surface area contributed by atoms with E-state index >= 15 is 0 Å². The third-order valence-electron chi connectivity index (χ3n) is 3.67. The Labute approximate surface area is 150 Å². The number of carbonyl (C=O) groups is 2. The van der Waals surface area contributed by atoms with E-state index in [9.17, 15) is 14.0 Å². The van der Waals surface area contributed by atoms with Gasteiger partial charge in [-0.25, -0.2) is 9.18 Å². The minimum atomic E-state index is -0.941. The van der Waals surface area contributed by atoms with Gasteiger partial charge in [0.2, 0.25) is 0 Å². The first kappa shape index (κ1) is 18.9. The molecule has 0 bridgehead atoms. The molecule has 0 aromatic heterocycles. The van der Waals surface area contributed by atoms with Crippen LogP contribution in [0, 0.1) is 12.7 Å². The average Bonchev–Trinajstić information content (AvgIpc) is 2.56. The summed E-state index contributed by atoms with van der Waals surface area (Å²) >= 11 is 5.74. The fraction of sp³-hybridized carbons (Fsp3) is 0.263. The van der Waals surface area contributed by atoms with Crippen molar-refractivity contribution in [2.75, 3.05) is 11.9 Å². The van der Waals surface area contributed by atoms with Crippen LogP contribution in [0.1, 0.15) is 41.3 Å². The third kappa shape index (κ3) is 4.79. The van der Waals surface area contributed by atoms with Crippen LogP contribution < -0.4 is 5.32 Å². The minimum absolute atomic E-state index is 0.208. The fourth-order valence-corrected chi connectivity index (χ4v) is 2.55. The number of halogens is 2. The van der Waals surface area contributed by atoms with E-state index in [1.54, 1.807) is 0 Å². The van der Waals surface area contributed by atoms with E-state index < -0.39 is 24.3 Å². The topological polar surface area (TPSA) is 55.4 Å². The van der Waals surface area contributed by atoms with Gasteiger partial charge in [0.25, 0.3) is 5.91 Å².